The molecular weight excluding hydrogens is 428 g/mol. The Morgan fingerprint density at radius 3 is 1.87 bits per heavy atom. The summed E-state index contributed by atoms with van der Waals surface area (Å²) in [6, 6.07) is -3.52. The Labute approximate surface area is 187 Å². The second-order valence-corrected chi connectivity index (χ2v) is 9.46. The van der Waals surface area contributed by atoms with E-state index in [9.17, 15) is 24.3 Å². The van der Waals surface area contributed by atoms with E-state index in [0.29, 0.717) is 18.6 Å². The topological polar surface area (TPSA) is 151 Å². The van der Waals surface area contributed by atoms with E-state index in [1.54, 1.807) is 11.8 Å². The first-order valence-corrected chi connectivity index (χ1v) is 12.7. The minimum absolute atomic E-state index is 0.0798. The van der Waals surface area contributed by atoms with E-state index in [-0.39, 0.29) is 12.3 Å². The van der Waals surface area contributed by atoms with E-state index in [2.05, 4.69) is 16.0 Å². The summed E-state index contributed by atoms with van der Waals surface area (Å²) in [7, 11) is 0. The molecule has 0 aromatic heterocycles. The number of carbonyl (C=O) groups excluding carboxylic acids is 3. The maximum Gasteiger partial charge on any atom is 0.326 e. The van der Waals surface area contributed by atoms with Gasteiger partial charge in [-0.15, -0.1) is 0 Å². The molecule has 4 unspecified atom stereocenters. The molecule has 0 aromatic carbocycles. The largest absolute Gasteiger partial charge is 0.480 e. The summed E-state index contributed by atoms with van der Waals surface area (Å²) in [5.74, 6) is -1.23. The van der Waals surface area contributed by atoms with Crippen LogP contribution in [-0.2, 0) is 19.2 Å². The summed E-state index contributed by atoms with van der Waals surface area (Å²) in [5.41, 5.74) is 5.81. The fourth-order valence-corrected chi connectivity index (χ4v) is 3.49. The van der Waals surface area contributed by atoms with Crippen LogP contribution in [0.4, 0.5) is 0 Å². The molecule has 0 radical (unpaired) electrons. The normalized spacial score (nSPS) is 15.0. The SMILES string of the molecule is CSCCC(N)C(=O)NC(C)C(=O)NC(CCSC)C(=O)NC(CC(C)C)C(=O)O. The van der Waals surface area contributed by atoms with Crippen LogP contribution in [0.15, 0.2) is 0 Å². The third kappa shape index (κ3) is 11.7. The number of amides is 3. The Morgan fingerprint density at radius 1 is 0.833 bits per heavy atom. The fraction of sp³-hybridized carbons (Fsp3) is 0.789. The monoisotopic (exact) mass is 464 g/mol. The summed E-state index contributed by atoms with van der Waals surface area (Å²) in [5, 5.41) is 17.0. The number of carboxylic acids is 1. The van der Waals surface area contributed by atoms with Crippen molar-refractivity contribution in [3.05, 3.63) is 0 Å². The number of thioether (sulfide) groups is 2. The van der Waals surface area contributed by atoms with Crippen LogP contribution in [0.1, 0.15) is 40.0 Å². The van der Waals surface area contributed by atoms with Gasteiger partial charge in [0, 0.05) is 0 Å². The summed E-state index contributed by atoms with van der Waals surface area (Å²) >= 11 is 3.08. The smallest absolute Gasteiger partial charge is 0.326 e. The first-order chi connectivity index (χ1) is 14.0. The van der Waals surface area contributed by atoms with Crippen LogP contribution in [0.5, 0.6) is 0 Å². The van der Waals surface area contributed by atoms with Gasteiger partial charge in [-0.25, -0.2) is 4.79 Å². The van der Waals surface area contributed by atoms with Gasteiger partial charge in [0.15, 0.2) is 0 Å². The van der Waals surface area contributed by atoms with Gasteiger partial charge in [-0.1, -0.05) is 13.8 Å². The van der Waals surface area contributed by atoms with E-state index in [0.717, 1.165) is 5.75 Å². The minimum atomic E-state index is -1.12. The quantitative estimate of drug-likeness (QED) is 0.234. The van der Waals surface area contributed by atoms with Gasteiger partial charge < -0.3 is 26.8 Å². The maximum atomic E-state index is 12.6. The van der Waals surface area contributed by atoms with Crippen LogP contribution in [0.25, 0.3) is 0 Å². The average Bonchev–Trinajstić information content (AvgIpc) is 2.67. The van der Waals surface area contributed by atoms with Crippen molar-refractivity contribution in [1.82, 2.24) is 16.0 Å². The lowest BCUT2D eigenvalue weighted by atomic mass is 10.0. The average molecular weight is 465 g/mol. The molecule has 0 aliphatic rings. The molecule has 6 N–H and O–H groups in total. The molecule has 9 nitrogen and oxygen atoms in total. The van der Waals surface area contributed by atoms with Gasteiger partial charge in [0.25, 0.3) is 0 Å². The number of nitrogens with one attached hydrogen (secondary N) is 3. The van der Waals surface area contributed by atoms with Gasteiger partial charge in [0.1, 0.15) is 18.1 Å². The number of rotatable bonds is 15. The van der Waals surface area contributed by atoms with Crippen LogP contribution < -0.4 is 21.7 Å². The molecule has 0 spiro atoms. The first-order valence-electron chi connectivity index (χ1n) is 9.90. The highest BCUT2D eigenvalue weighted by atomic mass is 32.2. The van der Waals surface area contributed by atoms with Crippen molar-refractivity contribution >= 4 is 47.2 Å². The van der Waals surface area contributed by atoms with E-state index in [4.69, 9.17) is 5.73 Å². The molecule has 0 saturated heterocycles. The number of aliphatic carboxylic acids is 1. The molecule has 3 amide bonds. The molecule has 0 rings (SSSR count). The van der Waals surface area contributed by atoms with Crippen LogP contribution >= 0.6 is 23.5 Å². The van der Waals surface area contributed by atoms with Gasteiger partial charge >= 0.3 is 5.97 Å². The predicted octanol–water partition coefficient (Wildman–Crippen LogP) is 0.425. The lowest BCUT2D eigenvalue weighted by Gasteiger charge is -2.24. The molecule has 0 aromatic rings. The Morgan fingerprint density at radius 2 is 1.37 bits per heavy atom. The Balaban J connectivity index is 5.00. The molecule has 30 heavy (non-hydrogen) atoms. The molecule has 0 fully saturated rings. The van der Waals surface area contributed by atoms with Crippen molar-refractivity contribution in [2.45, 2.75) is 64.2 Å². The summed E-state index contributed by atoms with van der Waals surface area (Å²) in [6.45, 7) is 5.24. The number of carbonyl (C=O) groups is 4. The van der Waals surface area contributed by atoms with E-state index >= 15 is 0 Å². The number of hydrogen-bond donors (Lipinski definition) is 5. The van der Waals surface area contributed by atoms with Gasteiger partial charge in [-0.05, 0) is 56.1 Å². The zero-order valence-corrected chi connectivity index (χ0v) is 20.0. The van der Waals surface area contributed by atoms with Gasteiger partial charge in [-0.3, -0.25) is 14.4 Å². The summed E-state index contributed by atoms with van der Waals surface area (Å²) in [4.78, 5) is 48.7. The fourth-order valence-electron chi connectivity index (χ4n) is 2.53. The molecule has 0 aliphatic heterocycles. The highest BCUT2D eigenvalue weighted by Crippen LogP contribution is 2.07. The zero-order valence-electron chi connectivity index (χ0n) is 18.4. The predicted molar refractivity (Wildman–Crippen MR) is 123 cm³/mol. The lowest BCUT2D eigenvalue weighted by Crippen LogP contribution is -2.56. The molecule has 0 aliphatic carbocycles. The van der Waals surface area contributed by atoms with Crippen molar-refractivity contribution in [3.8, 4) is 0 Å². The van der Waals surface area contributed by atoms with Crippen LogP contribution in [0, 0.1) is 5.92 Å². The highest BCUT2D eigenvalue weighted by Gasteiger charge is 2.28. The molecule has 4 atom stereocenters. The summed E-state index contributed by atoms with van der Waals surface area (Å²) < 4.78 is 0. The van der Waals surface area contributed by atoms with Gasteiger partial charge in [-0.2, -0.15) is 23.5 Å². The Bertz CT molecular complexity index is 577. The van der Waals surface area contributed by atoms with Gasteiger partial charge in [0.2, 0.25) is 17.7 Å². The molecule has 0 saturated carbocycles. The zero-order chi connectivity index (χ0) is 23.3. The maximum absolute atomic E-state index is 12.6. The molecular formula is C19H36N4O5S2. The minimum Gasteiger partial charge on any atom is -0.480 e. The standard InChI is InChI=1S/C19H36N4O5S2/c1-11(2)10-15(19(27)28)23-18(26)14(7-9-30-5)22-16(24)12(3)21-17(25)13(20)6-8-29-4/h11-15H,6-10,20H2,1-5H3,(H,21,25)(H,22,24)(H,23,26)(H,27,28). The summed E-state index contributed by atoms with van der Waals surface area (Å²) in [6.07, 6.45) is 4.89. The third-order valence-corrected chi connectivity index (χ3v) is 5.58. The first kappa shape index (κ1) is 28.5. The van der Waals surface area contributed by atoms with Crippen molar-refractivity contribution in [2.75, 3.05) is 24.0 Å². The van der Waals surface area contributed by atoms with E-state index in [1.165, 1.54) is 18.7 Å². The van der Waals surface area contributed by atoms with Crippen molar-refractivity contribution in [2.24, 2.45) is 11.7 Å². The molecule has 174 valence electrons. The lowest BCUT2D eigenvalue weighted by molar-refractivity contribution is -0.142. The van der Waals surface area contributed by atoms with Crippen molar-refractivity contribution in [1.29, 1.82) is 0 Å². The molecule has 0 heterocycles. The van der Waals surface area contributed by atoms with Crippen LogP contribution in [0.3, 0.4) is 0 Å². The molecule has 0 bridgehead atoms. The van der Waals surface area contributed by atoms with Gasteiger partial charge in [0.05, 0.1) is 6.04 Å². The number of hydrogen-bond acceptors (Lipinski definition) is 7. The van der Waals surface area contributed by atoms with Crippen LogP contribution in [-0.4, -0.2) is 77.0 Å². The number of nitrogens with two attached hydrogens (primary N) is 1. The van der Waals surface area contributed by atoms with E-state index in [1.807, 2.05) is 26.4 Å². The number of carboxylic acid groups (broad SMARTS) is 1. The Hall–Kier alpha value is -1.46. The highest BCUT2D eigenvalue weighted by molar-refractivity contribution is 7.98. The second kappa shape index (κ2) is 15.4. The van der Waals surface area contributed by atoms with Crippen molar-refractivity contribution in [3.63, 3.8) is 0 Å². The third-order valence-electron chi connectivity index (χ3n) is 4.29. The second-order valence-electron chi connectivity index (χ2n) is 7.49. The van der Waals surface area contributed by atoms with Crippen LogP contribution in [0.2, 0.25) is 0 Å². The van der Waals surface area contributed by atoms with E-state index < -0.39 is 47.9 Å². The Kier molecular flexibility index (Phi) is 14.6. The van der Waals surface area contributed by atoms with Crippen molar-refractivity contribution < 1.29 is 24.3 Å². The molecule has 11 heteroatoms.